The number of carbonyl (C=O) groups excluding carboxylic acids is 1. The second-order valence-electron chi connectivity index (χ2n) is 8.91. The molecule has 0 aliphatic heterocycles. The first-order valence-corrected chi connectivity index (χ1v) is 13.6. The maximum absolute atomic E-state index is 13.5. The number of furan rings is 1. The number of hydrogen-bond acceptors (Lipinski definition) is 4. The van der Waals surface area contributed by atoms with Gasteiger partial charge < -0.3 is 14.3 Å². The molecular formula is C27H23FIN2O4S-. The minimum atomic E-state index is -2.54. The zero-order chi connectivity index (χ0) is 25.6. The van der Waals surface area contributed by atoms with Gasteiger partial charge in [0.05, 0.1) is 17.8 Å². The molecule has 6 nitrogen and oxygen atoms in total. The van der Waals surface area contributed by atoms with Crippen LogP contribution in [0.4, 0.5) is 10.1 Å². The van der Waals surface area contributed by atoms with E-state index in [1.54, 1.807) is 18.2 Å². The van der Waals surface area contributed by atoms with Crippen LogP contribution in [0.1, 0.15) is 45.8 Å². The number of anilines is 1. The first-order valence-electron chi connectivity index (χ1n) is 11.5. The number of amides is 1. The van der Waals surface area contributed by atoms with Crippen LogP contribution in [0.2, 0.25) is 0 Å². The Kier molecular flexibility index (Phi) is 6.88. The molecule has 36 heavy (non-hydrogen) atoms. The number of carbonyl (C=O) groups is 1. The minimum absolute atomic E-state index is 0.174. The number of aryl methyl sites for hydroxylation is 1. The number of nitrogens with zero attached hydrogens (tertiary/aromatic N) is 1. The van der Waals surface area contributed by atoms with Crippen LogP contribution in [-0.2, 0) is 17.8 Å². The lowest BCUT2D eigenvalue weighted by atomic mass is 10.00. The summed E-state index contributed by atoms with van der Waals surface area (Å²) < 4.78 is 47.1. The summed E-state index contributed by atoms with van der Waals surface area (Å²) in [4.78, 5) is 12.9. The highest BCUT2D eigenvalue weighted by Gasteiger charge is 2.31. The van der Waals surface area contributed by atoms with Gasteiger partial charge in [0.2, 0.25) is 0 Å². The summed E-state index contributed by atoms with van der Waals surface area (Å²) in [6.07, 6.45) is 1.89. The first kappa shape index (κ1) is 24.9. The van der Waals surface area contributed by atoms with Gasteiger partial charge in [0, 0.05) is 38.9 Å². The van der Waals surface area contributed by atoms with Gasteiger partial charge in [-0.3, -0.25) is 13.3 Å². The summed E-state index contributed by atoms with van der Waals surface area (Å²) in [5.74, 6) is -0.211. The van der Waals surface area contributed by atoms with E-state index in [2.05, 4.69) is 27.9 Å². The van der Waals surface area contributed by atoms with E-state index in [0.29, 0.717) is 33.5 Å². The summed E-state index contributed by atoms with van der Waals surface area (Å²) in [7, 11) is 1.54. The molecule has 1 heterocycles. The van der Waals surface area contributed by atoms with Crippen molar-refractivity contribution in [3.63, 3.8) is 0 Å². The van der Waals surface area contributed by atoms with E-state index in [0.717, 1.165) is 33.1 Å². The van der Waals surface area contributed by atoms with Crippen molar-refractivity contribution >= 4 is 56.4 Å². The van der Waals surface area contributed by atoms with E-state index >= 15 is 0 Å². The molecule has 1 unspecified atom stereocenters. The average molecular weight is 617 g/mol. The summed E-state index contributed by atoms with van der Waals surface area (Å²) in [6, 6.07) is 15.2. The molecule has 186 valence electrons. The highest BCUT2D eigenvalue weighted by Crippen LogP contribution is 2.48. The Labute approximate surface area is 224 Å². The van der Waals surface area contributed by atoms with Gasteiger partial charge in [-0.25, -0.2) is 4.39 Å². The third-order valence-corrected chi connectivity index (χ3v) is 8.31. The molecule has 1 fully saturated rings. The lowest BCUT2D eigenvalue weighted by Gasteiger charge is -2.29. The number of fused-ring (bicyclic) bond motifs is 1. The van der Waals surface area contributed by atoms with Crippen molar-refractivity contribution in [2.24, 2.45) is 0 Å². The fourth-order valence-corrected chi connectivity index (χ4v) is 5.34. The van der Waals surface area contributed by atoms with E-state index in [4.69, 9.17) is 4.42 Å². The second-order valence-corrected chi connectivity index (χ2v) is 10.9. The maximum Gasteiger partial charge on any atom is 0.255 e. The molecule has 1 N–H and O–H groups in total. The Morgan fingerprint density at radius 2 is 1.92 bits per heavy atom. The van der Waals surface area contributed by atoms with Crippen LogP contribution in [0.15, 0.2) is 59.0 Å². The first-order chi connectivity index (χ1) is 17.3. The molecule has 4 aromatic rings. The molecule has 0 radical (unpaired) electrons. The van der Waals surface area contributed by atoms with Gasteiger partial charge in [0.15, 0.2) is 0 Å². The smallest absolute Gasteiger partial charge is 0.255 e. The lowest BCUT2D eigenvalue weighted by molar-refractivity contribution is 0.0964. The SMILES string of the molecule is CNC(=O)c1c(-c2ccc(F)cc2)oc2cc(N(Cc3ccc(I)c(C)c3)S(=O)[O-])c(C3CC3)cc12. The van der Waals surface area contributed by atoms with Crippen molar-refractivity contribution in [1.29, 1.82) is 0 Å². The molecular weight excluding hydrogens is 594 g/mol. The molecule has 0 bridgehead atoms. The van der Waals surface area contributed by atoms with Gasteiger partial charge in [-0.2, -0.15) is 0 Å². The Hall–Kier alpha value is -2.76. The van der Waals surface area contributed by atoms with Gasteiger partial charge in [0.25, 0.3) is 5.91 Å². The average Bonchev–Trinajstić information content (AvgIpc) is 3.64. The summed E-state index contributed by atoms with van der Waals surface area (Å²) in [5, 5.41) is 3.26. The molecule has 0 saturated heterocycles. The molecule has 1 saturated carbocycles. The molecule has 1 aliphatic rings. The monoisotopic (exact) mass is 617 g/mol. The molecule has 1 aliphatic carbocycles. The standard InChI is InChI=1S/C27H24FIN2O4S/c1-15-11-16(3-10-22(15)29)14-31(36(33)34)23-13-24-21(12-20(23)17-4-5-17)25(27(32)30-2)26(35-24)18-6-8-19(28)9-7-18/h3,6-13,17H,4-5,14H2,1-2H3,(H,30,32)(H,33,34)/p-1. The van der Waals surface area contributed by atoms with Crippen molar-refractivity contribution in [3.8, 4) is 11.3 Å². The third-order valence-electron chi connectivity index (χ3n) is 6.41. The Balaban J connectivity index is 1.68. The summed E-state index contributed by atoms with van der Waals surface area (Å²) in [6.45, 7) is 2.17. The van der Waals surface area contributed by atoms with Crippen LogP contribution in [0.3, 0.4) is 0 Å². The molecule has 1 atom stereocenters. The lowest BCUT2D eigenvalue weighted by Crippen LogP contribution is -2.26. The van der Waals surface area contributed by atoms with Gasteiger partial charge in [-0.05, 0) is 101 Å². The van der Waals surface area contributed by atoms with Gasteiger partial charge >= 0.3 is 0 Å². The quantitative estimate of drug-likeness (QED) is 0.198. The van der Waals surface area contributed by atoms with E-state index in [1.165, 1.54) is 23.5 Å². The Morgan fingerprint density at radius 3 is 2.53 bits per heavy atom. The van der Waals surface area contributed by atoms with Crippen LogP contribution < -0.4 is 9.62 Å². The van der Waals surface area contributed by atoms with Crippen LogP contribution in [0.5, 0.6) is 0 Å². The van der Waals surface area contributed by atoms with E-state index in [1.807, 2.05) is 31.2 Å². The molecule has 1 aromatic heterocycles. The summed E-state index contributed by atoms with van der Waals surface area (Å²) >= 11 is -0.287. The van der Waals surface area contributed by atoms with Crippen LogP contribution in [0.25, 0.3) is 22.3 Å². The Bertz CT molecular complexity index is 1500. The maximum atomic E-state index is 13.5. The van der Waals surface area contributed by atoms with Crippen LogP contribution >= 0.6 is 22.6 Å². The fourth-order valence-electron chi connectivity index (χ4n) is 4.43. The number of halogens is 2. The van der Waals surface area contributed by atoms with Crippen molar-refractivity contribution in [2.75, 3.05) is 11.4 Å². The molecule has 9 heteroatoms. The van der Waals surface area contributed by atoms with Crippen molar-refractivity contribution < 1.29 is 22.4 Å². The third kappa shape index (κ3) is 4.79. The van der Waals surface area contributed by atoms with Crippen LogP contribution in [0, 0.1) is 16.3 Å². The van der Waals surface area contributed by atoms with Crippen LogP contribution in [-0.4, -0.2) is 21.7 Å². The van der Waals surface area contributed by atoms with E-state index in [-0.39, 0.29) is 18.4 Å². The minimum Gasteiger partial charge on any atom is -0.755 e. The summed E-state index contributed by atoms with van der Waals surface area (Å²) in [5.41, 5.74) is 4.64. The van der Waals surface area contributed by atoms with Crippen molar-refractivity contribution in [1.82, 2.24) is 5.32 Å². The number of benzene rings is 3. The second kappa shape index (κ2) is 9.95. The zero-order valence-corrected chi connectivity index (χ0v) is 22.6. The molecule has 3 aromatic carbocycles. The van der Waals surface area contributed by atoms with Gasteiger partial charge in [-0.15, -0.1) is 0 Å². The molecule has 5 rings (SSSR count). The highest BCUT2D eigenvalue weighted by molar-refractivity contribution is 14.1. The number of nitrogens with one attached hydrogen (secondary N) is 1. The van der Waals surface area contributed by atoms with Crippen molar-refractivity contribution in [3.05, 3.63) is 86.2 Å². The molecule has 0 spiro atoms. The van der Waals surface area contributed by atoms with Crippen molar-refractivity contribution in [2.45, 2.75) is 32.2 Å². The fraction of sp³-hybridized carbons (Fsp3) is 0.222. The van der Waals surface area contributed by atoms with Gasteiger partial charge in [-0.1, -0.05) is 12.1 Å². The predicted molar refractivity (Wildman–Crippen MR) is 146 cm³/mol. The molecule has 1 amide bonds. The van der Waals surface area contributed by atoms with E-state index < -0.39 is 17.1 Å². The van der Waals surface area contributed by atoms with E-state index in [9.17, 15) is 17.9 Å². The predicted octanol–water partition coefficient (Wildman–Crippen LogP) is 6.19. The highest BCUT2D eigenvalue weighted by atomic mass is 127. The topological polar surface area (TPSA) is 85.6 Å². The largest absolute Gasteiger partial charge is 0.755 e. The van der Waals surface area contributed by atoms with Gasteiger partial charge in [0.1, 0.15) is 17.2 Å². The normalized spacial score (nSPS) is 14.1. The number of rotatable bonds is 7. The Morgan fingerprint density at radius 1 is 1.19 bits per heavy atom. The zero-order valence-electron chi connectivity index (χ0n) is 19.6. The number of hydrogen-bond donors (Lipinski definition) is 1.